The average Bonchev–Trinajstić information content (AvgIpc) is 2.56. The van der Waals surface area contributed by atoms with E-state index in [1.165, 1.54) is 0 Å². The second-order valence-corrected chi connectivity index (χ2v) is 8.34. The smallest absolute Gasteiger partial charge is 0.214 e. The molecule has 2 saturated heterocycles. The predicted octanol–water partition coefficient (Wildman–Crippen LogP) is 0.224. The number of likely N-dealkylation sites (tertiary alicyclic amines) is 1. The van der Waals surface area contributed by atoms with Crippen molar-refractivity contribution in [2.24, 2.45) is 5.73 Å². The Balaban J connectivity index is 1.99. The van der Waals surface area contributed by atoms with Crippen LogP contribution in [-0.4, -0.2) is 61.1 Å². The number of sulfonamides is 1. The molecular weight excluding hydrogens is 250 g/mol. The van der Waals surface area contributed by atoms with E-state index in [0.717, 1.165) is 38.9 Å². The minimum Gasteiger partial charge on any atom is -0.324 e. The van der Waals surface area contributed by atoms with Gasteiger partial charge in [-0.15, -0.1) is 0 Å². The maximum Gasteiger partial charge on any atom is 0.214 e. The van der Waals surface area contributed by atoms with Gasteiger partial charge in [-0.3, -0.25) is 4.90 Å². The van der Waals surface area contributed by atoms with E-state index in [4.69, 9.17) is 5.73 Å². The molecule has 0 radical (unpaired) electrons. The van der Waals surface area contributed by atoms with E-state index in [2.05, 4.69) is 4.90 Å². The van der Waals surface area contributed by atoms with Crippen molar-refractivity contribution in [2.45, 2.75) is 44.7 Å². The number of nitrogens with zero attached hydrogens (tertiary/aromatic N) is 2. The van der Waals surface area contributed by atoms with Gasteiger partial charge >= 0.3 is 0 Å². The summed E-state index contributed by atoms with van der Waals surface area (Å²) in [5.41, 5.74) is 5.83. The fourth-order valence-corrected chi connectivity index (χ4v) is 4.82. The first kappa shape index (κ1) is 14.2. The third-order valence-corrected chi connectivity index (χ3v) is 5.66. The summed E-state index contributed by atoms with van der Waals surface area (Å²) in [4.78, 5) is 2.31. The monoisotopic (exact) mass is 275 g/mol. The molecule has 18 heavy (non-hydrogen) atoms. The molecule has 0 aromatic carbocycles. The molecule has 0 aliphatic carbocycles. The predicted molar refractivity (Wildman–Crippen MR) is 72.8 cm³/mol. The number of hydrogen-bond acceptors (Lipinski definition) is 4. The van der Waals surface area contributed by atoms with Crippen molar-refractivity contribution in [3.05, 3.63) is 0 Å². The van der Waals surface area contributed by atoms with E-state index in [1.807, 2.05) is 13.8 Å². The minimum absolute atomic E-state index is 0.161. The van der Waals surface area contributed by atoms with Gasteiger partial charge in [0, 0.05) is 31.2 Å². The molecule has 0 aromatic rings. The Bertz CT molecular complexity index is 389. The van der Waals surface area contributed by atoms with Crippen LogP contribution in [0.3, 0.4) is 0 Å². The number of rotatable bonds is 3. The minimum atomic E-state index is -2.98. The zero-order valence-corrected chi connectivity index (χ0v) is 12.2. The first-order valence-corrected chi connectivity index (χ1v) is 8.40. The van der Waals surface area contributed by atoms with Gasteiger partial charge in [0.2, 0.25) is 10.0 Å². The summed E-state index contributed by atoms with van der Waals surface area (Å²) in [5.74, 6) is 0.325. The summed E-state index contributed by atoms with van der Waals surface area (Å²) in [6.45, 7) is 7.43. The van der Waals surface area contributed by atoms with Crippen molar-refractivity contribution in [2.75, 3.05) is 31.9 Å². The molecule has 0 aromatic heterocycles. The quantitative estimate of drug-likeness (QED) is 0.800. The Kier molecular flexibility index (Phi) is 4.02. The van der Waals surface area contributed by atoms with E-state index in [0.29, 0.717) is 12.3 Å². The largest absolute Gasteiger partial charge is 0.324 e. The van der Waals surface area contributed by atoms with E-state index in [-0.39, 0.29) is 11.6 Å². The molecule has 1 unspecified atom stereocenters. The summed E-state index contributed by atoms with van der Waals surface area (Å²) in [5, 5.41) is 0. The Labute approximate surface area is 110 Å². The maximum absolute atomic E-state index is 11.9. The van der Waals surface area contributed by atoms with Gasteiger partial charge in [0.05, 0.1) is 5.75 Å². The van der Waals surface area contributed by atoms with E-state index < -0.39 is 10.0 Å². The van der Waals surface area contributed by atoms with Gasteiger partial charge in [-0.2, -0.15) is 4.31 Å². The molecule has 2 aliphatic heterocycles. The fraction of sp³-hybridized carbons (Fsp3) is 1.00. The molecule has 2 heterocycles. The SMILES string of the molecule is CC(C)(N)CN1CCCC(N2CCCS2(=O)=O)C1. The van der Waals surface area contributed by atoms with Crippen molar-refractivity contribution >= 4 is 10.0 Å². The van der Waals surface area contributed by atoms with Crippen LogP contribution in [0.1, 0.15) is 33.1 Å². The van der Waals surface area contributed by atoms with Crippen molar-refractivity contribution in [3.63, 3.8) is 0 Å². The number of nitrogens with two attached hydrogens (primary N) is 1. The van der Waals surface area contributed by atoms with Crippen LogP contribution in [0, 0.1) is 0 Å². The van der Waals surface area contributed by atoms with E-state index >= 15 is 0 Å². The van der Waals surface area contributed by atoms with Crippen LogP contribution in [0.4, 0.5) is 0 Å². The lowest BCUT2D eigenvalue weighted by molar-refractivity contribution is 0.133. The summed E-state index contributed by atoms with van der Waals surface area (Å²) < 4.78 is 25.6. The van der Waals surface area contributed by atoms with Crippen molar-refractivity contribution < 1.29 is 8.42 Å². The molecule has 2 rings (SSSR count). The highest BCUT2D eigenvalue weighted by Crippen LogP contribution is 2.24. The summed E-state index contributed by atoms with van der Waals surface area (Å²) in [6, 6.07) is 0.161. The van der Waals surface area contributed by atoms with Crippen LogP contribution in [-0.2, 0) is 10.0 Å². The number of hydrogen-bond donors (Lipinski definition) is 1. The molecule has 5 nitrogen and oxygen atoms in total. The summed E-state index contributed by atoms with van der Waals surface area (Å²) >= 11 is 0. The molecule has 6 heteroatoms. The third kappa shape index (κ3) is 3.44. The Morgan fingerprint density at radius 3 is 2.56 bits per heavy atom. The van der Waals surface area contributed by atoms with Crippen LogP contribution >= 0.6 is 0 Å². The molecule has 0 saturated carbocycles. The lowest BCUT2D eigenvalue weighted by atomic mass is 10.0. The van der Waals surface area contributed by atoms with Gasteiger partial charge in [-0.25, -0.2) is 8.42 Å². The van der Waals surface area contributed by atoms with Gasteiger partial charge in [-0.1, -0.05) is 0 Å². The first-order chi connectivity index (χ1) is 8.28. The van der Waals surface area contributed by atoms with E-state index in [9.17, 15) is 8.42 Å². The Hall–Kier alpha value is -0.170. The molecule has 0 spiro atoms. The summed E-state index contributed by atoms with van der Waals surface area (Å²) in [6.07, 6.45) is 2.83. The second-order valence-electron chi connectivity index (χ2n) is 6.30. The van der Waals surface area contributed by atoms with Crippen LogP contribution < -0.4 is 5.73 Å². The van der Waals surface area contributed by atoms with Gasteiger partial charge in [0.25, 0.3) is 0 Å². The van der Waals surface area contributed by atoms with Crippen LogP contribution in [0.5, 0.6) is 0 Å². The lowest BCUT2D eigenvalue weighted by Crippen LogP contribution is -2.53. The van der Waals surface area contributed by atoms with Crippen molar-refractivity contribution in [1.82, 2.24) is 9.21 Å². The Morgan fingerprint density at radius 1 is 1.28 bits per heavy atom. The van der Waals surface area contributed by atoms with Gasteiger partial charge in [0.15, 0.2) is 0 Å². The molecule has 2 N–H and O–H groups in total. The first-order valence-electron chi connectivity index (χ1n) is 6.79. The molecule has 106 valence electrons. The van der Waals surface area contributed by atoms with Gasteiger partial charge < -0.3 is 5.73 Å². The Morgan fingerprint density at radius 2 is 2.00 bits per heavy atom. The molecular formula is C12H25N3O2S. The van der Waals surface area contributed by atoms with Crippen LogP contribution in [0.2, 0.25) is 0 Å². The van der Waals surface area contributed by atoms with Crippen molar-refractivity contribution in [3.8, 4) is 0 Å². The highest BCUT2D eigenvalue weighted by molar-refractivity contribution is 7.89. The van der Waals surface area contributed by atoms with Crippen LogP contribution in [0.15, 0.2) is 0 Å². The highest BCUT2D eigenvalue weighted by Gasteiger charge is 2.36. The normalized spacial score (nSPS) is 30.7. The fourth-order valence-electron chi connectivity index (χ4n) is 3.05. The van der Waals surface area contributed by atoms with Gasteiger partial charge in [0.1, 0.15) is 0 Å². The highest BCUT2D eigenvalue weighted by atomic mass is 32.2. The second kappa shape index (κ2) is 5.07. The van der Waals surface area contributed by atoms with Crippen molar-refractivity contribution in [1.29, 1.82) is 0 Å². The molecule has 2 aliphatic rings. The summed E-state index contributed by atoms with van der Waals surface area (Å²) in [7, 11) is -2.98. The maximum atomic E-state index is 11.9. The lowest BCUT2D eigenvalue weighted by Gasteiger charge is -2.39. The third-order valence-electron chi connectivity index (χ3n) is 3.66. The van der Waals surface area contributed by atoms with Gasteiger partial charge in [-0.05, 0) is 39.7 Å². The number of piperidine rings is 1. The molecule has 2 fully saturated rings. The average molecular weight is 275 g/mol. The molecule has 0 amide bonds. The topological polar surface area (TPSA) is 66.6 Å². The van der Waals surface area contributed by atoms with E-state index in [1.54, 1.807) is 4.31 Å². The standard InChI is InChI=1S/C12H25N3O2S/c1-12(2,13)10-14-6-3-5-11(9-14)15-7-4-8-18(15,16)17/h11H,3-10,13H2,1-2H3. The van der Waals surface area contributed by atoms with Crippen LogP contribution in [0.25, 0.3) is 0 Å². The molecule has 1 atom stereocenters. The molecule has 0 bridgehead atoms. The zero-order chi connectivity index (χ0) is 13.4. The zero-order valence-electron chi connectivity index (χ0n) is 11.4.